The smallest absolute Gasteiger partial charge is 0.412 e. The molecule has 0 bridgehead atoms. The fraction of sp³-hybridized carbons (Fsp3) is 0.227. The summed E-state index contributed by atoms with van der Waals surface area (Å²) in [6, 6.07) is 14.4. The molecule has 0 unspecified atom stereocenters. The Bertz CT molecular complexity index is 1080. The number of amides is 1. The van der Waals surface area contributed by atoms with Gasteiger partial charge in [-0.3, -0.25) is 4.90 Å². The third-order valence-electron chi connectivity index (χ3n) is 4.87. The van der Waals surface area contributed by atoms with Crippen molar-refractivity contribution in [1.29, 1.82) is 0 Å². The maximum Gasteiger partial charge on any atom is 0.412 e. The fourth-order valence-corrected chi connectivity index (χ4v) is 3.55. The second kappa shape index (κ2) is 7.13. The van der Waals surface area contributed by atoms with E-state index in [0.717, 1.165) is 16.9 Å². The molecule has 1 aliphatic rings. The zero-order chi connectivity index (χ0) is 20.8. The number of halogens is 1. The number of benzene rings is 2. The van der Waals surface area contributed by atoms with Gasteiger partial charge in [-0.15, -0.1) is 0 Å². The van der Waals surface area contributed by atoms with Gasteiger partial charge in [0.25, 0.3) is 0 Å². The van der Waals surface area contributed by atoms with Crippen molar-refractivity contribution in [2.45, 2.75) is 32.4 Å². The van der Waals surface area contributed by atoms with Gasteiger partial charge in [0, 0.05) is 17.0 Å². The average Bonchev–Trinajstić information content (AvgIpc) is 3.04. The van der Waals surface area contributed by atoms with Crippen molar-refractivity contribution in [1.82, 2.24) is 0 Å². The van der Waals surface area contributed by atoms with E-state index in [1.165, 1.54) is 4.90 Å². The van der Waals surface area contributed by atoms with E-state index in [0.29, 0.717) is 34.4 Å². The predicted molar refractivity (Wildman–Crippen MR) is 111 cm³/mol. The maximum atomic E-state index is 12.0. The molecule has 2 aromatic carbocycles. The first-order valence-corrected chi connectivity index (χ1v) is 9.57. The summed E-state index contributed by atoms with van der Waals surface area (Å²) in [6.07, 6.45) is -0.586. The van der Waals surface area contributed by atoms with Crippen LogP contribution in [0.15, 0.2) is 52.9 Å². The quantitative estimate of drug-likeness (QED) is 0.592. The van der Waals surface area contributed by atoms with E-state index in [1.807, 2.05) is 44.2 Å². The first-order chi connectivity index (χ1) is 13.7. The van der Waals surface area contributed by atoms with Crippen LogP contribution < -0.4 is 15.4 Å². The highest BCUT2D eigenvalue weighted by Crippen LogP contribution is 2.41. The Balaban J connectivity index is 1.74. The van der Waals surface area contributed by atoms with Crippen LogP contribution in [-0.2, 0) is 18.5 Å². The predicted octanol–water partition coefficient (Wildman–Crippen LogP) is 5.51. The van der Waals surface area contributed by atoms with E-state index in [4.69, 9.17) is 26.5 Å². The molecule has 0 fully saturated rings. The molecule has 0 aliphatic carbocycles. The van der Waals surface area contributed by atoms with Crippen LogP contribution >= 0.6 is 11.6 Å². The summed E-state index contributed by atoms with van der Waals surface area (Å²) in [6.45, 7) is 3.90. The molecule has 0 saturated carbocycles. The van der Waals surface area contributed by atoms with Gasteiger partial charge in [0.15, 0.2) is 5.75 Å². The Kier molecular flexibility index (Phi) is 4.76. The molecule has 7 heteroatoms. The van der Waals surface area contributed by atoms with Gasteiger partial charge in [-0.2, -0.15) is 0 Å². The molecule has 1 amide bonds. The van der Waals surface area contributed by atoms with Crippen LogP contribution in [0, 0.1) is 0 Å². The van der Waals surface area contributed by atoms with Gasteiger partial charge in [-0.05, 0) is 55.8 Å². The lowest BCUT2D eigenvalue weighted by atomic mass is 10.0. The van der Waals surface area contributed by atoms with Crippen LogP contribution in [0.1, 0.15) is 36.5 Å². The van der Waals surface area contributed by atoms with E-state index in [9.17, 15) is 9.90 Å². The van der Waals surface area contributed by atoms with Gasteiger partial charge in [-0.1, -0.05) is 23.7 Å². The topological polar surface area (TPSA) is 88.9 Å². The molecular formula is C22H21ClN2O4. The van der Waals surface area contributed by atoms with E-state index >= 15 is 0 Å². The lowest BCUT2D eigenvalue weighted by Crippen LogP contribution is -2.28. The Morgan fingerprint density at radius 1 is 1.21 bits per heavy atom. The Labute approximate surface area is 173 Å². The van der Waals surface area contributed by atoms with Crippen LogP contribution in [0.5, 0.6) is 11.5 Å². The van der Waals surface area contributed by atoms with Crippen molar-refractivity contribution >= 4 is 23.4 Å². The van der Waals surface area contributed by atoms with Crippen LogP contribution in [-0.4, -0.2) is 11.2 Å². The molecule has 4 rings (SSSR count). The van der Waals surface area contributed by atoms with Gasteiger partial charge in [0.2, 0.25) is 0 Å². The zero-order valence-corrected chi connectivity index (χ0v) is 16.9. The number of ether oxygens (including phenoxy) is 1. The molecule has 29 heavy (non-hydrogen) atoms. The number of hydrogen-bond acceptors (Lipinski definition) is 4. The van der Waals surface area contributed by atoms with Crippen molar-refractivity contribution in [2.24, 2.45) is 5.73 Å². The molecule has 0 atom stereocenters. The van der Waals surface area contributed by atoms with Crippen LogP contribution in [0.2, 0.25) is 5.02 Å². The molecule has 1 aromatic heterocycles. The highest BCUT2D eigenvalue weighted by atomic mass is 35.5. The normalized spacial score (nSPS) is 13.3. The molecular weight excluding hydrogens is 392 g/mol. The number of nitrogens with two attached hydrogens (primary N) is 1. The van der Waals surface area contributed by atoms with E-state index in [1.54, 1.807) is 18.2 Å². The molecule has 3 N–H and O–H groups in total. The molecule has 2 heterocycles. The average molecular weight is 413 g/mol. The fourth-order valence-electron chi connectivity index (χ4n) is 3.38. The number of carbonyl (C=O) groups is 1. The molecule has 0 saturated heterocycles. The molecule has 0 radical (unpaired) electrons. The molecule has 150 valence electrons. The van der Waals surface area contributed by atoms with Crippen LogP contribution in [0.4, 0.5) is 10.5 Å². The number of fused-ring (bicyclic) bond motifs is 2. The summed E-state index contributed by atoms with van der Waals surface area (Å²) >= 11 is 6.09. The van der Waals surface area contributed by atoms with Crippen molar-refractivity contribution in [2.75, 3.05) is 4.90 Å². The molecule has 6 nitrogen and oxygen atoms in total. The van der Waals surface area contributed by atoms with E-state index < -0.39 is 11.6 Å². The Morgan fingerprint density at radius 2 is 2.00 bits per heavy atom. The van der Waals surface area contributed by atoms with Gasteiger partial charge < -0.3 is 20.0 Å². The van der Waals surface area contributed by atoms with Gasteiger partial charge in [0.05, 0.1) is 17.8 Å². The Hall–Kier alpha value is -2.96. The van der Waals surface area contributed by atoms with Crippen LogP contribution in [0.25, 0.3) is 0 Å². The first kappa shape index (κ1) is 19.4. The highest BCUT2D eigenvalue weighted by Gasteiger charge is 2.27. The standard InChI is InChI=1S/C22H21ClN2O4/c1-22(2,24)20-9-7-15(28-20)10-13-4-3-5-18-16(13)12-25(21(26)27)17-11-14(23)6-8-19(17)29-18/h3-9,11H,10,12,24H2,1-2H3,(H,26,27). The number of nitrogens with zero attached hydrogens (tertiary/aromatic N) is 1. The third kappa shape index (κ3) is 3.81. The number of hydrogen-bond donors (Lipinski definition) is 2. The van der Waals surface area contributed by atoms with Crippen molar-refractivity contribution < 1.29 is 19.1 Å². The second-order valence-corrected chi connectivity index (χ2v) is 8.08. The lowest BCUT2D eigenvalue weighted by Gasteiger charge is -2.19. The van der Waals surface area contributed by atoms with Gasteiger partial charge >= 0.3 is 6.09 Å². The summed E-state index contributed by atoms with van der Waals surface area (Å²) < 4.78 is 12.0. The number of furan rings is 1. The summed E-state index contributed by atoms with van der Waals surface area (Å²) in [5.74, 6) is 2.50. The number of rotatable bonds is 3. The second-order valence-electron chi connectivity index (χ2n) is 7.64. The maximum absolute atomic E-state index is 12.0. The molecule has 1 aliphatic heterocycles. The summed E-state index contributed by atoms with van der Waals surface area (Å²) in [5, 5.41) is 10.2. The summed E-state index contributed by atoms with van der Waals surface area (Å²) in [7, 11) is 0. The minimum atomic E-state index is -1.08. The Morgan fingerprint density at radius 3 is 2.69 bits per heavy atom. The molecule has 3 aromatic rings. The van der Waals surface area contributed by atoms with Crippen molar-refractivity contribution in [3.05, 3.63) is 76.2 Å². The zero-order valence-electron chi connectivity index (χ0n) is 16.1. The highest BCUT2D eigenvalue weighted by molar-refractivity contribution is 6.31. The third-order valence-corrected chi connectivity index (χ3v) is 5.11. The number of carboxylic acid groups (broad SMARTS) is 1. The lowest BCUT2D eigenvalue weighted by molar-refractivity contribution is 0.201. The van der Waals surface area contributed by atoms with Crippen LogP contribution in [0.3, 0.4) is 0 Å². The minimum absolute atomic E-state index is 0.143. The monoisotopic (exact) mass is 412 g/mol. The first-order valence-electron chi connectivity index (χ1n) is 9.19. The largest absolute Gasteiger partial charge is 0.465 e. The van der Waals surface area contributed by atoms with E-state index in [-0.39, 0.29) is 6.54 Å². The van der Waals surface area contributed by atoms with Gasteiger partial charge in [0.1, 0.15) is 17.3 Å². The number of anilines is 1. The van der Waals surface area contributed by atoms with E-state index in [2.05, 4.69) is 0 Å². The summed E-state index contributed by atoms with van der Waals surface area (Å²) in [4.78, 5) is 13.2. The summed E-state index contributed by atoms with van der Waals surface area (Å²) in [5.41, 5.74) is 7.66. The minimum Gasteiger partial charge on any atom is -0.465 e. The van der Waals surface area contributed by atoms with Gasteiger partial charge in [-0.25, -0.2) is 4.79 Å². The van der Waals surface area contributed by atoms with Crippen molar-refractivity contribution in [3.8, 4) is 11.5 Å². The van der Waals surface area contributed by atoms with Crippen molar-refractivity contribution in [3.63, 3.8) is 0 Å². The molecule has 0 spiro atoms. The SMILES string of the molecule is CC(C)(N)c1ccc(Cc2cccc3c2CN(C(=O)O)c2cc(Cl)ccc2O3)o1.